The van der Waals surface area contributed by atoms with Gasteiger partial charge in [-0.1, -0.05) is 12.1 Å². The Hall–Kier alpha value is -2.86. The van der Waals surface area contributed by atoms with Gasteiger partial charge in [0.05, 0.1) is 11.4 Å². The number of aromatic hydroxyl groups is 1. The smallest absolute Gasteiger partial charge is 0.221 e. The topological polar surface area (TPSA) is 74.2 Å². The number of aromatic nitrogens is 1. The van der Waals surface area contributed by atoms with E-state index in [9.17, 15) is 9.90 Å². The fourth-order valence-corrected chi connectivity index (χ4v) is 3.04. The minimum atomic E-state index is -0.234. The van der Waals surface area contributed by atoms with Gasteiger partial charge in [-0.2, -0.15) is 0 Å². The molecule has 3 rings (SSSR count). The van der Waals surface area contributed by atoms with Gasteiger partial charge in [0.1, 0.15) is 5.75 Å². The molecule has 5 nitrogen and oxygen atoms in total. The predicted molar refractivity (Wildman–Crippen MR) is 98.0 cm³/mol. The highest BCUT2D eigenvalue weighted by Crippen LogP contribution is 2.32. The van der Waals surface area contributed by atoms with Crippen molar-refractivity contribution in [3.05, 3.63) is 53.4 Å². The van der Waals surface area contributed by atoms with E-state index in [1.54, 1.807) is 18.2 Å². The molecule has 3 aromatic rings. The Labute approximate surface area is 144 Å². The van der Waals surface area contributed by atoms with Crippen LogP contribution in [0.1, 0.15) is 12.5 Å². The molecule has 3 N–H and O–H groups in total. The molecule has 0 spiro atoms. The van der Waals surface area contributed by atoms with Crippen LogP contribution >= 0.6 is 11.3 Å². The number of phenolic OH excluding ortho intramolecular Hbond substituents is 1. The molecule has 0 aliphatic heterocycles. The number of nitrogens with zero attached hydrogens (tertiary/aromatic N) is 1. The summed E-state index contributed by atoms with van der Waals surface area (Å²) in [4.78, 5) is 15.8. The third-order valence-corrected chi connectivity index (χ3v) is 4.13. The Morgan fingerprint density at radius 2 is 2.04 bits per heavy atom. The number of anilines is 3. The maximum atomic E-state index is 11.2. The summed E-state index contributed by atoms with van der Waals surface area (Å²) >= 11 is 1.50. The number of benzene rings is 2. The van der Waals surface area contributed by atoms with E-state index in [4.69, 9.17) is 0 Å². The highest BCUT2D eigenvalue weighted by molar-refractivity contribution is 7.14. The van der Waals surface area contributed by atoms with E-state index in [1.807, 2.05) is 30.5 Å². The summed E-state index contributed by atoms with van der Waals surface area (Å²) in [5.74, 6) is -0.204. The number of aryl methyl sites for hydroxylation is 1. The number of phenols is 1. The van der Waals surface area contributed by atoms with Crippen molar-refractivity contribution in [2.24, 2.45) is 0 Å². The predicted octanol–water partition coefficient (Wildman–Crippen LogP) is 4.53. The third kappa shape index (κ3) is 3.72. The number of nitrogens with one attached hydrogen (secondary N) is 2. The molecule has 0 fully saturated rings. The molecule has 0 radical (unpaired) electrons. The van der Waals surface area contributed by atoms with Crippen molar-refractivity contribution in [3.8, 4) is 17.0 Å². The summed E-state index contributed by atoms with van der Waals surface area (Å²) in [6.45, 7) is 3.44. The molecule has 2 aromatic carbocycles. The largest absolute Gasteiger partial charge is 0.506 e. The molecule has 0 aliphatic carbocycles. The van der Waals surface area contributed by atoms with Gasteiger partial charge in [0.25, 0.3) is 0 Å². The molecule has 0 atom stereocenters. The highest BCUT2D eigenvalue weighted by Gasteiger charge is 2.09. The van der Waals surface area contributed by atoms with Gasteiger partial charge in [-0.3, -0.25) is 4.79 Å². The Morgan fingerprint density at radius 3 is 2.79 bits per heavy atom. The van der Waals surface area contributed by atoms with Crippen LogP contribution in [0.3, 0.4) is 0 Å². The maximum Gasteiger partial charge on any atom is 0.221 e. The molecule has 0 saturated carbocycles. The van der Waals surface area contributed by atoms with Crippen LogP contribution in [0.25, 0.3) is 11.3 Å². The molecule has 122 valence electrons. The number of thiazole rings is 1. The number of hydrogen-bond acceptors (Lipinski definition) is 5. The van der Waals surface area contributed by atoms with E-state index in [1.165, 1.54) is 23.8 Å². The van der Waals surface area contributed by atoms with Crippen LogP contribution in [0.2, 0.25) is 0 Å². The van der Waals surface area contributed by atoms with Gasteiger partial charge in [-0.15, -0.1) is 11.3 Å². The van der Waals surface area contributed by atoms with Crippen molar-refractivity contribution in [2.75, 3.05) is 10.6 Å². The Kier molecular flexibility index (Phi) is 4.48. The lowest BCUT2D eigenvalue weighted by molar-refractivity contribution is -0.114. The van der Waals surface area contributed by atoms with Crippen LogP contribution in [-0.4, -0.2) is 16.0 Å². The van der Waals surface area contributed by atoms with Crippen LogP contribution in [0.5, 0.6) is 5.75 Å². The number of carbonyl (C=O) groups is 1. The first-order valence-corrected chi connectivity index (χ1v) is 8.29. The fraction of sp³-hybridized carbons (Fsp3) is 0.111. The van der Waals surface area contributed by atoms with Crippen LogP contribution in [0, 0.1) is 6.92 Å². The molecule has 1 amide bonds. The standard InChI is InChI=1S/C18H17N3O2S/c1-11-4-3-5-14(8-11)20-18-21-16(10-24-18)13-6-7-17(23)15(9-13)19-12(2)22/h3-10,23H,1-2H3,(H,19,22)(H,20,21). The van der Waals surface area contributed by atoms with Crippen LogP contribution in [0.4, 0.5) is 16.5 Å². The summed E-state index contributed by atoms with van der Waals surface area (Å²) < 4.78 is 0. The van der Waals surface area contributed by atoms with E-state index in [0.29, 0.717) is 5.69 Å². The number of rotatable bonds is 4. The van der Waals surface area contributed by atoms with Gasteiger partial charge in [0.15, 0.2) is 5.13 Å². The van der Waals surface area contributed by atoms with Crippen molar-refractivity contribution in [2.45, 2.75) is 13.8 Å². The second kappa shape index (κ2) is 6.72. The number of carbonyl (C=O) groups excluding carboxylic acids is 1. The summed E-state index contributed by atoms with van der Waals surface area (Å²) in [5, 5.41) is 18.4. The lowest BCUT2D eigenvalue weighted by Gasteiger charge is -2.07. The minimum Gasteiger partial charge on any atom is -0.506 e. The molecule has 6 heteroatoms. The Balaban J connectivity index is 1.84. The summed E-state index contributed by atoms with van der Waals surface area (Å²) in [6.07, 6.45) is 0. The zero-order valence-corrected chi connectivity index (χ0v) is 14.1. The van der Waals surface area contributed by atoms with Crippen molar-refractivity contribution in [3.63, 3.8) is 0 Å². The average Bonchev–Trinajstić information content (AvgIpc) is 2.97. The van der Waals surface area contributed by atoms with Crippen LogP contribution in [0.15, 0.2) is 47.8 Å². The van der Waals surface area contributed by atoms with Gasteiger partial charge < -0.3 is 15.7 Å². The molecular formula is C18H17N3O2S. The highest BCUT2D eigenvalue weighted by atomic mass is 32.1. The third-order valence-electron chi connectivity index (χ3n) is 3.38. The van der Waals surface area contributed by atoms with Crippen molar-refractivity contribution in [1.29, 1.82) is 0 Å². The fourth-order valence-electron chi connectivity index (χ4n) is 2.30. The van der Waals surface area contributed by atoms with Gasteiger partial charge in [0.2, 0.25) is 5.91 Å². The Bertz CT molecular complexity index is 889. The van der Waals surface area contributed by atoms with Crippen LogP contribution in [-0.2, 0) is 4.79 Å². The zero-order valence-electron chi connectivity index (χ0n) is 13.3. The van der Waals surface area contributed by atoms with E-state index >= 15 is 0 Å². The molecule has 0 aliphatic rings. The molecule has 24 heavy (non-hydrogen) atoms. The first-order valence-electron chi connectivity index (χ1n) is 7.41. The normalized spacial score (nSPS) is 10.4. The van der Waals surface area contributed by atoms with Crippen molar-refractivity contribution < 1.29 is 9.90 Å². The second-order valence-corrected chi connectivity index (χ2v) is 6.30. The second-order valence-electron chi connectivity index (χ2n) is 5.45. The average molecular weight is 339 g/mol. The Morgan fingerprint density at radius 1 is 1.21 bits per heavy atom. The van der Waals surface area contributed by atoms with Gasteiger partial charge in [-0.05, 0) is 42.8 Å². The summed E-state index contributed by atoms with van der Waals surface area (Å²) in [5.41, 5.74) is 4.14. The lowest BCUT2D eigenvalue weighted by atomic mass is 10.1. The quantitative estimate of drug-likeness (QED) is 0.611. The number of hydrogen-bond donors (Lipinski definition) is 3. The summed E-state index contributed by atoms with van der Waals surface area (Å²) in [6, 6.07) is 13.1. The molecular weight excluding hydrogens is 322 g/mol. The molecule has 0 bridgehead atoms. The van der Waals surface area contributed by atoms with Crippen molar-refractivity contribution >= 4 is 33.8 Å². The van der Waals surface area contributed by atoms with Gasteiger partial charge in [-0.25, -0.2) is 4.98 Å². The zero-order chi connectivity index (χ0) is 17.1. The molecule has 0 saturated heterocycles. The SMILES string of the molecule is CC(=O)Nc1cc(-c2csc(Nc3cccc(C)c3)n2)ccc1O. The molecule has 1 heterocycles. The van der Waals surface area contributed by atoms with Crippen molar-refractivity contribution in [1.82, 2.24) is 4.98 Å². The monoisotopic (exact) mass is 339 g/mol. The minimum absolute atomic E-state index is 0.0299. The first kappa shape index (κ1) is 16.0. The number of amides is 1. The lowest BCUT2D eigenvalue weighted by Crippen LogP contribution is -2.05. The van der Waals surface area contributed by atoms with E-state index in [-0.39, 0.29) is 11.7 Å². The van der Waals surface area contributed by atoms with E-state index < -0.39 is 0 Å². The summed E-state index contributed by atoms with van der Waals surface area (Å²) in [7, 11) is 0. The first-order chi connectivity index (χ1) is 11.5. The maximum absolute atomic E-state index is 11.2. The van der Waals surface area contributed by atoms with E-state index in [2.05, 4.69) is 21.7 Å². The van der Waals surface area contributed by atoms with Gasteiger partial charge >= 0.3 is 0 Å². The molecule has 1 aromatic heterocycles. The molecule has 0 unspecified atom stereocenters. The van der Waals surface area contributed by atoms with E-state index in [0.717, 1.165) is 22.1 Å². The van der Waals surface area contributed by atoms with Gasteiger partial charge in [0, 0.05) is 23.6 Å². The van der Waals surface area contributed by atoms with Crippen LogP contribution < -0.4 is 10.6 Å².